The third-order valence-corrected chi connectivity index (χ3v) is 7.52. The van der Waals surface area contributed by atoms with Crippen LogP contribution < -0.4 is 0 Å². The highest BCUT2D eigenvalue weighted by Gasteiger charge is 2.30. The Kier molecular flexibility index (Phi) is 3.99. The average Bonchev–Trinajstić information content (AvgIpc) is 3.39. The van der Waals surface area contributed by atoms with E-state index in [1.165, 1.54) is 54.7 Å². The predicted octanol–water partition coefficient (Wildman–Crippen LogP) is 8.79. The first-order chi connectivity index (χ1) is 16.6. The van der Waals surface area contributed by atoms with Crippen LogP contribution >= 0.6 is 0 Å². The molecule has 0 fully saturated rings. The molecule has 1 unspecified atom stereocenters. The Balaban J connectivity index is 1.44. The van der Waals surface area contributed by atoms with Crippen LogP contribution in [0.2, 0.25) is 0 Å². The summed E-state index contributed by atoms with van der Waals surface area (Å²) in [5.74, 6) is 0. The number of aromatic amines is 1. The van der Waals surface area contributed by atoms with Gasteiger partial charge in [-0.3, -0.25) is 0 Å². The van der Waals surface area contributed by atoms with Gasteiger partial charge in [-0.1, -0.05) is 92.7 Å². The number of benzene rings is 4. The summed E-state index contributed by atoms with van der Waals surface area (Å²) in [5, 5.41) is 5.17. The summed E-state index contributed by atoms with van der Waals surface area (Å²) < 4.78 is 2.52. The van der Waals surface area contributed by atoms with Crippen LogP contribution in [0.25, 0.3) is 54.7 Å². The fourth-order valence-corrected chi connectivity index (χ4v) is 5.75. The van der Waals surface area contributed by atoms with Gasteiger partial charge in [0.1, 0.15) is 0 Å². The molecular formula is C32H26N2. The third-order valence-electron chi connectivity index (χ3n) is 7.52. The normalized spacial score (nSPS) is 17.4. The second kappa shape index (κ2) is 6.98. The molecule has 6 aromatic rings. The lowest BCUT2D eigenvalue weighted by molar-refractivity contribution is 0.348. The van der Waals surface area contributed by atoms with Crippen molar-refractivity contribution in [2.75, 3.05) is 0 Å². The van der Waals surface area contributed by atoms with Crippen LogP contribution in [0.15, 0.2) is 109 Å². The Morgan fingerprint density at radius 1 is 0.647 bits per heavy atom. The predicted molar refractivity (Wildman–Crippen MR) is 145 cm³/mol. The number of nitrogens with one attached hydrogen (secondary N) is 1. The first-order valence-corrected chi connectivity index (χ1v) is 12.0. The van der Waals surface area contributed by atoms with Gasteiger partial charge in [-0.25, -0.2) is 0 Å². The Bertz CT molecular complexity index is 1790. The molecular weight excluding hydrogens is 412 g/mol. The van der Waals surface area contributed by atoms with Gasteiger partial charge < -0.3 is 9.55 Å². The largest absolute Gasteiger partial charge is 0.354 e. The van der Waals surface area contributed by atoms with Crippen molar-refractivity contribution < 1.29 is 0 Å². The minimum absolute atomic E-state index is 0.0444. The zero-order valence-corrected chi connectivity index (χ0v) is 19.4. The number of H-pyrrole nitrogens is 1. The molecule has 1 aliphatic rings. The van der Waals surface area contributed by atoms with E-state index >= 15 is 0 Å². The molecule has 164 valence electrons. The Labute approximate surface area is 198 Å². The smallest absolute Gasteiger partial charge is 0.0611 e. The van der Waals surface area contributed by atoms with E-state index in [1.807, 2.05) is 0 Å². The number of para-hydroxylation sites is 2. The Morgan fingerprint density at radius 2 is 1.35 bits per heavy atom. The molecule has 4 aromatic carbocycles. The molecule has 0 radical (unpaired) electrons. The number of fused-ring (bicyclic) bond motifs is 6. The van der Waals surface area contributed by atoms with E-state index in [-0.39, 0.29) is 11.5 Å². The van der Waals surface area contributed by atoms with Crippen LogP contribution in [0.3, 0.4) is 0 Å². The molecule has 2 nitrogen and oxygen atoms in total. The number of allylic oxidation sites excluding steroid dienone is 4. The topological polar surface area (TPSA) is 20.7 Å². The minimum atomic E-state index is 0.0444. The number of aromatic nitrogens is 2. The zero-order valence-electron chi connectivity index (χ0n) is 19.4. The number of hydrogen-bond donors (Lipinski definition) is 1. The lowest BCUT2D eigenvalue weighted by atomic mass is 9.81. The van der Waals surface area contributed by atoms with Crippen molar-refractivity contribution in [3.05, 3.63) is 109 Å². The van der Waals surface area contributed by atoms with Gasteiger partial charge in [-0.05, 0) is 41.5 Å². The molecule has 0 spiro atoms. The first kappa shape index (κ1) is 19.4. The monoisotopic (exact) mass is 438 g/mol. The molecule has 2 heterocycles. The summed E-state index contributed by atoms with van der Waals surface area (Å²) >= 11 is 0. The number of hydrogen-bond acceptors (Lipinski definition) is 0. The van der Waals surface area contributed by atoms with Crippen LogP contribution in [0.1, 0.15) is 19.9 Å². The lowest BCUT2D eigenvalue weighted by Crippen LogP contribution is -2.25. The number of nitrogens with zero attached hydrogens (tertiary/aromatic N) is 1. The highest BCUT2D eigenvalue weighted by atomic mass is 15.0. The van der Waals surface area contributed by atoms with E-state index in [9.17, 15) is 0 Å². The van der Waals surface area contributed by atoms with Crippen LogP contribution in [-0.2, 0) is 0 Å². The van der Waals surface area contributed by atoms with Crippen molar-refractivity contribution in [2.45, 2.75) is 19.9 Å². The van der Waals surface area contributed by atoms with Gasteiger partial charge in [0, 0.05) is 49.0 Å². The summed E-state index contributed by atoms with van der Waals surface area (Å²) in [6, 6.07) is 31.3. The molecule has 1 N–H and O–H groups in total. The van der Waals surface area contributed by atoms with Crippen LogP contribution in [0, 0.1) is 5.41 Å². The lowest BCUT2D eigenvalue weighted by Gasteiger charge is -2.34. The first-order valence-electron chi connectivity index (χ1n) is 12.0. The second-order valence-corrected chi connectivity index (χ2v) is 10.1. The molecule has 1 atom stereocenters. The van der Waals surface area contributed by atoms with Crippen molar-refractivity contribution in [3.63, 3.8) is 0 Å². The third kappa shape index (κ3) is 2.75. The van der Waals surface area contributed by atoms with Gasteiger partial charge in [0.2, 0.25) is 0 Å². The maximum atomic E-state index is 3.59. The molecule has 0 bridgehead atoms. The van der Waals surface area contributed by atoms with E-state index in [0.29, 0.717) is 0 Å². The zero-order chi connectivity index (χ0) is 22.9. The molecule has 34 heavy (non-hydrogen) atoms. The summed E-state index contributed by atoms with van der Waals surface area (Å²) in [4.78, 5) is 3.59. The van der Waals surface area contributed by atoms with Gasteiger partial charge in [-0.2, -0.15) is 0 Å². The van der Waals surface area contributed by atoms with Gasteiger partial charge in [0.05, 0.1) is 6.04 Å². The Morgan fingerprint density at radius 3 is 2.24 bits per heavy atom. The average molecular weight is 439 g/mol. The quantitative estimate of drug-likeness (QED) is 0.279. The van der Waals surface area contributed by atoms with Crippen LogP contribution in [-0.4, -0.2) is 9.55 Å². The highest BCUT2D eigenvalue weighted by Crippen LogP contribution is 2.43. The molecule has 0 saturated heterocycles. The van der Waals surface area contributed by atoms with E-state index in [4.69, 9.17) is 0 Å². The van der Waals surface area contributed by atoms with Gasteiger partial charge >= 0.3 is 0 Å². The van der Waals surface area contributed by atoms with Crippen molar-refractivity contribution in [2.24, 2.45) is 5.41 Å². The summed E-state index contributed by atoms with van der Waals surface area (Å²) in [5.41, 5.74) is 7.47. The van der Waals surface area contributed by atoms with E-state index in [0.717, 1.165) is 0 Å². The highest BCUT2D eigenvalue weighted by molar-refractivity contribution is 6.11. The SMILES string of the molecule is CC1(C)C=CC=CC1n1c2ccccc2c2cc(-c3ccc4c(c3)[nH]c3ccccc34)ccc21. The molecule has 1 aliphatic carbocycles. The fraction of sp³-hybridized carbons (Fsp3) is 0.125. The standard InChI is InChI=1S/C32H26N2/c1-32(2)18-8-7-13-31(32)34-29-12-6-4-10-25(29)26-19-21(15-17-30(26)34)22-14-16-24-23-9-3-5-11-27(23)33-28(24)20-22/h3-20,31,33H,1-2H3. The van der Waals surface area contributed by atoms with Crippen molar-refractivity contribution in [1.29, 1.82) is 0 Å². The van der Waals surface area contributed by atoms with Gasteiger partial charge in [0.25, 0.3) is 0 Å². The number of rotatable bonds is 2. The molecule has 7 rings (SSSR count). The molecule has 2 aromatic heterocycles. The molecule has 0 saturated carbocycles. The van der Waals surface area contributed by atoms with E-state index in [1.54, 1.807) is 0 Å². The van der Waals surface area contributed by atoms with Crippen LogP contribution in [0.5, 0.6) is 0 Å². The van der Waals surface area contributed by atoms with Crippen molar-refractivity contribution >= 4 is 43.6 Å². The van der Waals surface area contributed by atoms with E-state index in [2.05, 4.69) is 133 Å². The summed E-state index contributed by atoms with van der Waals surface area (Å²) in [6.07, 6.45) is 9.01. The van der Waals surface area contributed by atoms with Crippen molar-refractivity contribution in [3.8, 4) is 11.1 Å². The van der Waals surface area contributed by atoms with E-state index < -0.39 is 0 Å². The second-order valence-electron chi connectivity index (χ2n) is 10.1. The molecule has 2 heteroatoms. The summed E-state index contributed by atoms with van der Waals surface area (Å²) in [6.45, 7) is 4.64. The maximum Gasteiger partial charge on any atom is 0.0611 e. The molecule has 0 aliphatic heterocycles. The Hall–Kier alpha value is -4.04. The van der Waals surface area contributed by atoms with Crippen LogP contribution in [0.4, 0.5) is 0 Å². The minimum Gasteiger partial charge on any atom is -0.354 e. The van der Waals surface area contributed by atoms with Gasteiger partial charge in [0.15, 0.2) is 0 Å². The van der Waals surface area contributed by atoms with Gasteiger partial charge in [-0.15, -0.1) is 0 Å². The maximum absolute atomic E-state index is 3.59. The fourth-order valence-electron chi connectivity index (χ4n) is 5.75. The van der Waals surface area contributed by atoms with Crippen molar-refractivity contribution in [1.82, 2.24) is 9.55 Å². The molecule has 0 amide bonds. The summed E-state index contributed by atoms with van der Waals surface area (Å²) in [7, 11) is 0.